The molecule has 6 nitrogen and oxygen atoms in total. The summed E-state index contributed by atoms with van der Waals surface area (Å²) < 4.78 is 22.1. The maximum absolute atomic E-state index is 4.50. The van der Waals surface area contributed by atoms with E-state index in [4.69, 9.17) is 0 Å². The van der Waals surface area contributed by atoms with Crippen LogP contribution in [0.1, 0.15) is 19.3 Å². The van der Waals surface area contributed by atoms with Crippen molar-refractivity contribution >= 4 is 47.0 Å². The van der Waals surface area contributed by atoms with Gasteiger partial charge in [-0.2, -0.15) is 17.5 Å². The number of rotatable bonds is 10. The summed E-state index contributed by atoms with van der Waals surface area (Å²) in [6, 6.07) is 8.27. The van der Waals surface area contributed by atoms with Gasteiger partial charge >= 0.3 is 0 Å². The second kappa shape index (κ2) is 11.1. The van der Waals surface area contributed by atoms with Crippen LogP contribution in [0.5, 0.6) is 0 Å². The van der Waals surface area contributed by atoms with Gasteiger partial charge in [-0.05, 0) is 36.5 Å². The van der Waals surface area contributed by atoms with E-state index < -0.39 is 0 Å². The molecule has 10 heteroatoms. The molecule has 0 aliphatic rings. The lowest BCUT2D eigenvalue weighted by atomic mass is 10.2. The third-order valence-corrected chi connectivity index (χ3v) is 8.00. The summed E-state index contributed by atoms with van der Waals surface area (Å²) in [6.07, 6.45) is 11.8. The predicted octanol–water partition coefficient (Wildman–Crippen LogP) is 4.43. The van der Waals surface area contributed by atoms with Crippen molar-refractivity contribution < 1.29 is 9.13 Å². The Hall–Kier alpha value is -1.88. The molecular weight excluding hydrogens is 465 g/mol. The Bertz CT molecular complexity index is 1040. The molecule has 0 spiro atoms. The van der Waals surface area contributed by atoms with E-state index in [1.54, 1.807) is 0 Å². The van der Waals surface area contributed by atoms with Gasteiger partial charge in [-0.3, -0.25) is 0 Å². The van der Waals surface area contributed by atoms with Crippen LogP contribution < -0.4 is 9.13 Å². The topological polar surface area (TPSA) is 59.3 Å². The Balaban J connectivity index is 1.20. The zero-order valence-corrected chi connectivity index (χ0v) is 20.7. The number of thioether (sulfide) groups is 2. The van der Waals surface area contributed by atoms with E-state index >= 15 is 0 Å². The lowest BCUT2D eigenvalue weighted by Gasteiger charge is -2.02. The normalized spacial score (nSPS) is 11.2. The van der Waals surface area contributed by atoms with E-state index in [9.17, 15) is 0 Å². The lowest BCUT2D eigenvalue weighted by Crippen LogP contribution is -2.26. The average Bonchev–Trinajstić information content (AvgIpc) is 3.42. The van der Waals surface area contributed by atoms with Gasteiger partial charge in [0.1, 0.15) is 35.5 Å². The van der Waals surface area contributed by atoms with Crippen LogP contribution in [0.4, 0.5) is 0 Å². The molecule has 0 bridgehead atoms. The summed E-state index contributed by atoms with van der Waals surface area (Å²) >= 11 is 6.20. The zero-order valence-electron chi connectivity index (χ0n) is 17.5. The summed E-state index contributed by atoms with van der Waals surface area (Å²) in [7, 11) is 4.05. The number of hydrogen-bond acceptors (Lipinski definition) is 8. The highest BCUT2D eigenvalue weighted by atomic mass is 32.2. The van der Waals surface area contributed by atoms with Crippen molar-refractivity contribution in [3.63, 3.8) is 0 Å². The Kier molecular flexibility index (Phi) is 8.01. The van der Waals surface area contributed by atoms with Crippen LogP contribution in [0.15, 0.2) is 59.1 Å². The fourth-order valence-corrected chi connectivity index (χ4v) is 6.45. The molecule has 0 fully saturated rings. The Morgan fingerprint density at radius 2 is 1.19 bits per heavy atom. The van der Waals surface area contributed by atoms with Crippen molar-refractivity contribution in [2.45, 2.75) is 29.3 Å². The largest absolute Gasteiger partial charge is 0.207 e. The average molecular weight is 489 g/mol. The minimum Gasteiger partial charge on any atom is -0.207 e. The monoisotopic (exact) mass is 488 g/mol. The molecule has 0 N–H and O–H groups in total. The van der Waals surface area contributed by atoms with Crippen LogP contribution in [0, 0.1) is 0 Å². The van der Waals surface area contributed by atoms with Crippen molar-refractivity contribution in [2.75, 3.05) is 11.5 Å². The first kappa shape index (κ1) is 22.3. The van der Waals surface area contributed by atoms with Gasteiger partial charge in [0.15, 0.2) is 24.8 Å². The van der Waals surface area contributed by atoms with Gasteiger partial charge in [-0.25, -0.2) is 9.13 Å². The molecule has 4 rings (SSSR count). The quantitative estimate of drug-likeness (QED) is 0.187. The van der Waals surface area contributed by atoms with Gasteiger partial charge in [0, 0.05) is 12.1 Å². The highest BCUT2D eigenvalue weighted by Crippen LogP contribution is 2.31. The van der Waals surface area contributed by atoms with Gasteiger partial charge in [0.2, 0.25) is 0 Å². The molecule has 4 aromatic rings. The first-order chi connectivity index (χ1) is 15.2. The van der Waals surface area contributed by atoms with E-state index in [0.29, 0.717) is 0 Å². The summed E-state index contributed by atoms with van der Waals surface area (Å²) in [6.45, 7) is 0. The van der Waals surface area contributed by atoms with Gasteiger partial charge < -0.3 is 0 Å². The second-order valence-corrected chi connectivity index (χ2v) is 10.3. The number of unbranched alkanes of at least 4 members (excludes halogenated alkanes) is 2. The highest BCUT2D eigenvalue weighted by molar-refractivity contribution is 7.99. The molecule has 0 radical (unpaired) electrons. The SMILES string of the molecule is C[n+]1cccc(-c2nsnc2SCCCCCSc2nsnc2-c2ccc[n+](C)c2)c1. The molecular formula is C21H24N6S4+2. The van der Waals surface area contributed by atoms with Crippen molar-refractivity contribution in [2.24, 2.45) is 14.1 Å². The zero-order chi connectivity index (χ0) is 21.5. The molecule has 0 aliphatic heterocycles. The first-order valence-corrected chi connectivity index (χ1v) is 13.5. The van der Waals surface area contributed by atoms with Gasteiger partial charge in [0.05, 0.1) is 34.6 Å². The maximum atomic E-state index is 4.50. The molecule has 160 valence electrons. The van der Waals surface area contributed by atoms with E-state index in [1.807, 2.05) is 71.3 Å². The molecule has 31 heavy (non-hydrogen) atoms. The smallest absolute Gasteiger partial charge is 0.178 e. The van der Waals surface area contributed by atoms with Crippen LogP contribution >= 0.6 is 47.0 Å². The van der Waals surface area contributed by atoms with E-state index in [2.05, 4.69) is 42.0 Å². The van der Waals surface area contributed by atoms with E-state index in [-0.39, 0.29) is 0 Å². The molecule has 0 amide bonds. The van der Waals surface area contributed by atoms with Gasteiger partial charge in [0.25, 0.3) is 0 Å². The number of aromatic nitrogens is 6. The molecule has 4 heterocycles. The fraction of sp³-hybridized carbons (Fsp3) is 0.333. The number of pyridine rings is 2. The standard InChI is InChI=1S/C21H24N6S4/c1-26-10-6-8-16(14-26)18-20(24-30-22-18)28-12-4-3-5-13-29-21-19(23-31-25-21)17-9-7-11-27(2)15-17/h6-11,14-15H,3-5,12-13H2,1-2H3/q+2. The molecule has 0 saturated heterocycles. The summed E-state index contributed by atoms with van der Waals surface area (Å²) in [4.78, 5) is 0. The van der Waals surface area contributed by atoms with Crippen molar-refractivity contribution in [1.82, 2.24) is 17.5 Å². The van der Waals surface area contributed by atoms with Crippen LogP contribution in [0.2, 0.25) is 0 Å². The van der Waals surface area contributed by atoms with Crippen LogP contribution in [-0.4, -0.2) is 29.0 Å². The number of nitrogens with zero attached hydrogens (tertiary/aromatic N) is 6. The van der Waals surface area contributed by atoms with Crippen LogP contribution in [-0.2, 0) is 14.1 Å². The fourth-order valence-electron chi connectivity index (χ4n) is 3.08. The third-order valence-electron chi connectivity index (χ3n) is 4.61. The predicted molar refractivity (Wildman–Crippen MR) is 128 cm³/mol. The second-order valence-electron chi connectivity index (χ2n) is 7.11. The van der Waals surface area contributed by atoms with Crippen molar-refractivity contribution in [3.05, 3.63) is 49.1 Å². The van der Waals surface area contributed by atoms with Crippen molar-refractivity contribution in [1.29, 1.82) is 0 Å². The maximum Gasteiger partial charge on any atom is 0.178 e. The van der Waals surface area contributed by atoms with Crippen LogP contribution in [0.25, 0.3) is 22.5 Å². The molecule has 0 aliphatic carbocycles. The molecule has 0 saturated carbocycles. The highest BCUT2D eigenvalue weighted by Gasteiger charge is 2.14. The summed E-state index contributed by atoms with van der Waals surface area (Å²) in [5, 5.41) is 2.08. The Morgan fingerprint density at radius 3 is 1.65 bits per heavy atom. The first-order valence-electron chi connectivity index (χ1n) is 10.0. The molecule has 0 aromatic carbocycles. The van der Waals surface area contributed by atoms with Crippen molar-refractivity contribution in [3.8, 4) is 22.5 Å². The molecule has 0 atom stereocenters. The van der Waals surface area contributed by atoms with Crippen LogP contribution in [0.3, 0.4) is 0 Å². The molecule has 0 unspecified atom stereocenters. The number of aryl methyl sites for hydroxylation is 2. The Labute approximate surface area is 199 Å². The summed E-state index contributed by atoms with van der Waals surface area (Å²) in [5.41, 5.74) is 4.24. The minimum absolute atomic E-state index is 1.000. The Morgan fingerprint density at radius 1 is 0.710 bits per heavy atom. The third kappa shape index (κ3) is 6.09. The van der Waals surface area contributed by atoms with Gasteiger partial charge in [-0.1, -0.05) is 6.42 Å². The molecule has 4 aromatic heterocycles. The minimum atomic E-state index is 1.000. The summed E-state index contributed by atoms with van der Waals surface area (Å²) in [5.74, 6) is 2.12. The number of hydrogen-bond donors (Lipinski definition) is 0. The lowest BCUT2D eigenvalue weighted by molar-refractivity contribution is -0.671. The van der Waals surface area contributed by atoms with E-state index in [1.165, 1.54) is 42.7 Å². The van der Waals surface area contributed by atoms with Gasteiger partial charge in [-0.15, -0.1) is 23.5 Å². The van der Waals surface area contributed by atoms with E-state index in [0.717, 1.165) is 44.1 Å².